The monoisotopic (exact) mass is 645 g/mol. The summed E-state index contributed by atoms with van der Waals surface area (Å²) in [7, 11) is -4.19. The van der Waals surface area contributed by atoms with Gasteiger partial charge in [0.1, 0.15) is 18.3 Å². The highest BCUT2D eigenvalue weighted by atomic mass is 35.5. The number of sulfonamides is 1. The van der Waals surface area contributed by atoms with Crippen molar-refractivity contribution >= 4 is 50.7 Å². The van der Waals surface area contributed by atoms with Gasteiger partial charge in [-0.05, 0) is 75.2 Å². The second kappa shape index (κ2) is 14.9. The molecule has 4 rings (SSSR count). The number of rotatable bonds is 12. The first-order valence-electron chi connectivity index (χ1n) is 14.4. The van der Waals surface area contributed by atoms with E-state index < -0.39 is 28.5 Å². The van der Waals surface area contributed by atoms with Gasteiger partial charge in [0.2, 0.25) is 11.8 Å². The second-order valence-corrected chi connectivity index (χ2v) is 13.2. The SMILES string of the molecule is CCOc1ccc(S(=O)(=O)N(CC(=O)N(Cc2c(Cl)cccc2Cl)C(C)C(=O)NC2CCCCC2)c2ccccc2)cc1. The maximum absolute atomic E-state index is 14.1. The smallest absolute Gasteiger partial charge is 0.264 e. The maximum Gasteiger partial charge on any atom is 0.264 e. The number of hydrogen-bond acceptors (Lipinski definition) is 5. The lowest BCUT2D eigenvalue weighted by Crippen LogP contribution is -2.53. The normalized spacial score (nSPS) is 14.5. The molecule has 1 aliphatic carbocycles. The largest absolute Gasteiger partial charge is 0.494 e. The Morgan fingerprint density at radius 1 is 0.930 bits per heavy atom. The molecule has 1 N–H and O–H groups in total. The highest BCUT2D eigenvalue weighted by Gasteiger charge is 2.33. The van der Waals surface area contributed by atoms with E-state index in [-0.39, 0.29) is 23.4 Å². The summed E-state index contributed by atoms with van der Waals surface area (Å²) in [4.78, 5) is 28.9. The first-order valence-corrected chi connectivity index (χ1v) is 16.6. The number of amides is 2. The van der Waals surface area contributed by atoms with Crippen LogP contribution in [0.5, 0.6) is 5.75 Å². The van der Waals surface area contributed by atoms with Crippen LogP contribution in [0, 0.1) is 0 Å². The van der Waals surface area contributed by atoms with Crippen molar-refractivity contribution in [3.05, 3.63) is 88.4 Å². The number of carbonyl (C=O) groups is 2. The van der Waals surface area contributed by atoms with Gasteiger partial charge in [0, 0.05) is 28.2 Å². The van der Waals surface area contributed by atoms with Crippen LogP contribution in [0.15, 0.2) is 77.7 Å². The van der Waals surface area contributed by atoms with Gasteiger partial charge >= 0.3 is 0 Å². The van der Waals surface area contributed by atoms with Crippen LogP contribution in [0.2, 0.25) is 10.0 Å². The number of ether oxygens (including phenoxy) is 1. The van der Waals surface area contributed by atoms with Crippen molar-refractivity contribution in [3.63, 3.8) is 0 Å². The van der Waals surface area contributed by atoms with E-state index in [1.54, 1.807) is 67.6 Å². The van der Waals surface area contributed by atoms with Crippen LogP contribution < -0.4 is 14.4 Å². The molecule has 0 aromatic heterocycles. The molecule has 0 heterocycles. The fraction of sp³-hybridized carbons (Fsp3) is 0.375. The third kappa shape index (κ3) is 8.22. The van der Waals surface area contributed by atoms with Crippen LogP contribution in [0.1, 0.15) is 51.5 Å². The first-order chi connectivity index (χ1) is 20.6. The number of para-hydroxylation sites is 1. The Balaban J connectivity index is 1.68. The van der Waals surface area contributed by atoms with Gasteiger partial charge in [-0.3, -0.25) is 13.9 Å². The summed E-state index contributed by atoms with van der Waals surface area (Å²) in [6, 6.07) is 18.6. The number of nitrogens with zero attached hydrogens (tertiary/aromatic N) is 2. The van der Waals surface area contributed by atoms with Crippen LogP contribution in [0.25, 0.3) is 0 Å². The summed E-state index contributed by atoms with van der Waals surface area (Å²) >= 11 is 12.9. The molecule has 0 radical (unpaired) electrons. The van der Waals surface area contributed by atoms with Crippen LogP contribution in [0.4, 0.5) is 5.69 Å². The standard InChI is InChI=1S/C32H37Cl2N3O5S/c1-3-42-26-17-19-27(20-18-26)43(40,41)37(25-13-8-5-9-14-25)22-31(38)36(21-28-29(33)15-10-16-30(28)34)23(2)32(39)35-24-11-6-4-7-12-24/h5,8-10,13-20,23-24H,3-4,6-7,11-12,21-22H2,1-2H3,(H,35,39). The van der Waals surface area contributed by atoms with Gasteiger partial charge in [-0.25, -0.2) is 8.42 Å². The summed E-state index contributed by atoms with van der Waals surface area (Å²) in [5, 5.41) is 3.76. The molecule has 0 bridgehead atoms. The number of nitrogens with one attached hydrogen (secondary N) is 1. The molecule has 2 amide bonds. The van der Waals surface area contributed by atoms with E-state index in [4.69, 9.17) is 27.9 Å². The third-order valence-corrected chi connectivity index (χ3v) is 10.1. The third-order valence-electron chi connectivity index (χ3n) is 7.55. The summed E-state index contributed by atoms with van der Waals surface area (Å²) in [6.07, 6.45) is 4.96. The molecule has 1 saturated carbocycles. The van der Waals surface area contributed by atoms with E-state index in [1.165, 1.54) is 17.0 Å². The minimum absolute atomic E-state index is 0.00334. The zero-order chi connectivity index (χ0) is 31.0. The molecule has 1 aliphatic rings. The van der Waals surface area contributed by atoms with Gasteiger partial charge in [-0.15, -0.1) is 0 Å². The predicted octanol–water partition coefficient (Wildman–Crippen LogP) is 6.45. The van der Waals surface area contributed by atoms with Gasteiger partial charge < -0.3 is 15.0 Å². The Hall–Kier alpha value is -3.27. The van der Waals surface area contributed by atoms with E-state index in [9.17, 15) is 18.0 Å². The first kappa shape index (κ1) is 32.6. The van der Waals surface area contributed by atoms with Crippen LogP contribution in [-0.4, -0.2) is 50.4 Å². The summed E-state index contributed by atoms with van der Waals surface area (Å²) in [5.41, 5.74) is 0.775. The zero-order valence-electron chi connectivity index (χ0n) is 24.3. The Morgan fingerprint density at radius 2 is 1.56 bits per heavy atom. The fourth-order valence-corrected chi connectivity index (χ4v) is 7.06. The van der Waals surface area contributed by atoms with E-state index in [0.717, 1.165) is 36.4 Å². The van der Waals surface area contributed by atoms with E-state index in [2.05, 4.69) is 5.32 Å². The molecular formula is C32H37Cl2N3O5S. The van der Waals surface area contributed by atoms with Gasteiger partial charge in [0.25, 0.3) is 10.0 Å². The van der Waals surface area contributed by atoms with Crippen molar-refractivity contribution in [1.29, 1.82) is 0 Å². The fourth-order valence-electron chi connectivity index (χ4n) is 5.13. The average Bonchev–Trinajstić information content (AvgIpc) is 3.00. The number of halogens is 2. The molecule has 3 aromatic carbocycles. The summed E-state index contributed by atoms with van der Waals surface area (Å²) in [5.74, 6) is -0.367. The number of benzene rings is 3. The van der Waals surface area contributed by atoms with Gasteiger partial charge in [0.15, 0.2) is 0 Å². The summed E-state index contributed by atoms with van der Waals surface area (Å²) < 4.78 is 34.5. The molecular weight excluding hydrogens is 609 g/mol. The molecule has 0 aliphatic heterocycles. The van der Waals surface area contributed by atoms with Gasteiger partial charge in [-0.2, -0.15) is 0 Å². The molecule has 3 aromatic rings. The van der Waals surface area contributed by atoms with Crippen molar-refractivity contribution < 1.29 is 22.7 Å². The molecule has 0 spiro atoms. The average molecular weight is 647 g/mol. The molecule has 11 heteroatoms. The Morgan fingerprint density at radius 3 is 2.16 bits per heavy atom. The highest BCUT2D eigenvalue weighted by molar-refractivity contribution is 7.92. The van der Waals surface area contributed by atoms with E-state index in [1.807, 2.05) is 6.92 Å². The zero-order valence-corrected chi connectivity index (χ0v) is 26.7. The molecule has 1 unspecified atom stereocenters. The van der Waals surface area contributed by atoms with Crippen molar-refractivity contribution in [2.75, 3.05) is 17.5 Å². The molecule has 8 nitrogen and oxygen atoms in total. The van der Waals surface area contributed by atoms with E-state index in [0.29, 0.717) is 33.7 Å². The molecule has 0 saturated heterocycles. The Labute approximate surface area is 264 Å². The lowest BCUT2D eigenvalue weighted by atomic mass is 9.95. The minimum Gasteiger partial charge on any atom is -0.494 e. The number of carbonyl (C=O) groups excluding carboxylic acids is 2. The maximum atomic E-state index is 14.1. The summed E-state index contributed by atoms with van der Waals surface area (Å²) in [6.45, 7) is 3.28. The van der Waals surface area contributed by atoms with Crippen molar-refractivity contribution in [2.45, 2.75) is 69.5 Å². The number of hydrogen-bond donors (Lipinski definition) is 1. The van der Waals surface area contributed by atoms with E-state index >= 15 is 0 Å². The molecule has 230 valence electrons. The molecule has 1 fully saturated rings. The van der Waals surface area contributed by atoms with Gasteiger partial charge in [0.05, 0.1) is 17.2 Å². The Kier molecular flexibility index (Phi) is 11.3. The van der Waals surface area contributed by atoms with Crippen molar-refractivity contribution in [3.8, 4) is 5.75 Å². The van der Waals surface area contributed by atoms with Crippen molar-refractivity contribution in [1.82, 2.24) is 10.2 Å². The molecule has 1 atom stereocenters. The lowest BCUT2D eigenvalue weighted by molar-refractivity contribution is -0.139. The molecule has 43 heavy (non-hydrogen) atoms. The lowest BCUT2D eigenvalue weighted by Gasteiger charge is -2.33. The predicted molar refractivity (Wildman–Crippen MR) is 170 cm³/mol. The quantitative estimate of drug-likeness (QED) is 0.244. The highest BCUT2D eigenvalue weighted by Crippen LogP contribution is 2.29. The number of anilines is 1. The Bertz CT molecular complexity index is 1480. The van der Waals surface area contributed by atoms with Crippen molar-refractivity contribution in [2.24, 2.45) is 0 Å². The minimum atomic E-state index is -4.19. The van der Waals surface area contributed by atoms with Crippen LogP contribution in [0.3, 0.4) is 0 Å². The second-order valence-electron chi connectivity index (χ2n) is 10.5. The van der Waals surface area contributed by atoms with Crippen LogP contribution >= 0.6 is 23.2 Å². The topological polar surface area (TPSA) is 96.0 Å². The van der Waals surface area contributed by atoms with Gasteiger partial charge in [-0.1, -0.05) is 66.7 Å². The van der Waals surface area contributed by atoms with Crippen LogP contribution in [-0.2, 0) is 26.2 Å².